The Kier molecular flexibility index (Phi) is 6.13. The Morgan fingerprint density at radius 2 is 2.15 bits per heavy atom. The molecular formula is C18H31N7O2. The number of anilines is 2. The first-order chi connectivity index (χ1) is 12.9. The summed E-state index contributed by atoms with van der Waals surface area (Å²) in [6.45, 7) is 5.13. The van der Waals surface area contributed by atoms with Gasteiger partial charge in [-0.05, 0) is 39.7 Å². The number of amides is 1. The topological polar surface area (TPSA) is 123 Å². The normalized spacial score (nSPS) is 23.9. The summed E-state index contributed by atoms with van der Waals surface area (Å²) < 4.78 is 6.13. The van der Waals surface area contributed by atoms with Gasteiger partial charge >= 0.3 is 0 Å². The van der Waals surface area contributed by atoms with Crippen LogP contribution in [-0.4, -0.2) is 66.1 Å². The van der Waals surface area contributed by atoms with Crippen molar-refractivity contribution in [1.29, 1.82) is 0 Å². The number of nitrogens with two attached hydrogens (primary N) is 2. The van der Waals surface area contributed by atoms with Crippen molar-refractivity contribution in [2.24, 2.45) is 5.73 Å². The van der Waals surface area contributed by atoms with Gasteiger partial charge in [-0.3, -0.25) is 10.1 Å². The van der Waals surface area contributed by atoms with E-state index in [9.17, 15) is 4.79 Å². The van der Waals surface area contributed by atoms with E-state index in [1.54, 1.807) is 18.1 Å². The van der Waals surface area contributed by atoms with Gasteiger partial charge in [0.2, 0.25) is 6.41 Å². The Morgan fingerprint density at radius 1 is 1.41 bits per heavy atom. The summed E-state index contributed by atoms with van der Waals surface area (Å²) in [7, 11) is 1.80. The maximum absolute atomic E-state index is 11.0. The highest BCUT2D eigenvalue weighted by atomic mass is 16.5. The lowest BCUT2D eigenvalue weighted by Crippen LogP contribution is -2.48. The number of carbonyl (C=O) groups is 1. The summed E-state index contributed by atoms with van der Waals surface area (Å²) in [5, 5.41) is 3.11. The van der Waals surface area contributed by atoms with E-state index in [1.165, 1.54) is 0 Å². The average molecular weight is 377 g/mol. The number of nitrogen functional groups attached to an aromatic ring is 1. The number of hydrogen-bond donors (Lipinski definition) is 3. The number of likely N-dealkylation sites (tertiary alicyclic amines) is 1. The maximum atomic E-state index is 11.0. The van der Waals surface area contributed by atoms with Gasteiger partial charge in [-0.25, -0.2) is 9.97 Å². The van der Waals surface area contributed by atoms with Gasteiger partial charge in [-0.1, -0.05) is 0 Å². The SMILES string of the molecule is CNC(OC1CCCN(C=O)C1)c1ncc(N2CCC(C)(N)CC2)nc1N. The Labute approximate surface area is 160 Å². The van der Waals surface area contributed by atoms with Crippen LogP contribution in [0.3, 0.4) is 0 Å². The maximum Gasteiger partial charge on any atom is 0.209 e. The molecule has 1 aromatic rings. The highest BCUT2D eigenvalue weighted by Crippen LogP contribution is 2.27. The van der Waals surface area contributed by atoms with Crippen LogP contribution in [0.5, 0.6) is 0 Å². The molecule has 0 saturated carbocycles. The zero-order valence-corrected chi connectivity index (χ0v) is 16.2. The van der Waals surface area contributed by atoms with Crippen molar-refractivity contribution < 1.29 is 9.53 Å². The fraction of sp³-hybridized carbons (Fsp3) is 0.722. The lowest BCUT2D eigenvalue weighted by Gasteiger charge is -2.37. The van der Waals surface area contributed by atoms with Crippen molar-refractivity contribution in [3.05, 3.63) is 11.9 Å². The second-order valence-electron chi connectivity index (χ2n) is 7.81. The second kappa shape index (κ2) is 8.37. The predicted octanol–water partition coefficient (Wildman–Crippen LogP) is 0.232. The molecule has 0 radical (unpaired) electrons. The van der Waals surface area contributed by atoms with E-state index in [2.05, 4.69) is 27.1 Å². The van der Waals surface area contributed by atoms with Crippen LogP contribution < -0.4 is 21.7 Å². The van der Waals surface area contributed by atoms with E-state index < -0.39 is 6.23 Å². The summed E-state index contributed by atoms with van der Waals surface area (Å²) in [4.78, 5) is 24.0. The zero-order chi connectivity index (χ0) is 19.4. The van der Waals surface area contributed by atoms with Crippen LogP contribution in [0.4, 0.5) is 11.6 Å². The van der Waals surface area contributed by atoms with E-state index in [-0.39, 0.29) is 11.6 Å². The molecule has 2 atom stereocenters. The average Bonchev–Trinajstić information content (AvgIpc) is 2.66. The monoisotopic (exact) mass is 377 g/mol. The second-order valence-corrected chi connectivity index (χ2v) is 7.81. The minimum absolute atomic E-state index is 0.0494. The first-order valence-electron chi connectivity index (χ1n) is 9.60. The standard InChI is InChI=1S/C18H31N7O2/c1-18(20)5-8-25(9-6-18)14-10-22-15(16(19)23-14)17(21-2)27-13-4-3-7-24(11-13)12-26/h10,12-13,17,21H,3-9,11,20H2,1-2H3,(H2,19,23). The number of carbonyl (C=O) groups excluding carboxylic acids is 1. The number of aromatic nitrogens is 2. The van der Waals surface area contributed by atoms with Gasteiger partial charge in [0, 0.05) is 31.7 Å². The first kappa shape index (κ1) is 19.8. The van der Waals surface area contributed by atoms with Crippen LogP contribution in [0.25, 0.3) is 0 Å². The molecule has 27 heavy (non-hydrogen) atoms. The van der Waals surface area contributed by atoms with Crippen LogP contribution >= 0.6 is 0 Å². The number of hydrogen-bond acceptors (Lipinski definition) is 8. The molecule has 2 fully saturated rings. The third-order valence-electron chi connectivity index (χ3n) is 5.44. The molecule has 1 aromatic heterocycles. The summed E-state index contributed by atoms with van der Waals surface area (Å²) >= 11 is 0. The molecule has 0 aromatic carbocycles. The van der Waals surface area contributed by atoms with Crippen molar-refractivity contribution in [2.45, 2.75) is 50.5 Å². The zero-order valence-electron chi connectivity index (χ0n) is 16.2. The molecule has 3 heterocycles. The molecule has 2 aliphatic rings. The molecular weight excluding hydrogens is 346 g/mol. The molecule has 0 bridgehead atoms. The van der Waals surface area contributed by atoms with Gasteiger partial charge in [-0.2, -0.15) is 0 Å². The quantitative estimate of drug-likeness (QED) is 0.476. The highest BCUT2D eigenvalue weighted by Gasteiger charge is 2.28. The smallest absolute Gasteiger partial charge is 0.209 e. The Bertz CT molecular complexity index is 645. The lowest BCUT2D eigenvalue weighted by atomic mass is 9.91. The number of rotatable bonds is 6. The van der Waals surface area contributed by atoms with Gasteiger partial charge in [0.1, 0.15) is 11.5 Å². The van der Waals surface area contributed by atoms with E-state index >= 15 is 0 Å². The fourth-order valence-electron chi connectivity index (χ4n) is 3.64. The Hall–Kier alpha value is -1.97. The van der Waals surface area contributed by atoms with Gasteiger partial charge in [0.15, 0.2) is 12.0 Å². The van der Waals surface area contributed by atoms with Crippen molar-refractivity contribution in [3.8, 4) is 0 Å². The van der Waals surface area contributed by atoms with Crippen molar-refractivity contribution in [2.75, 3.05) is 43.9 Å². The number of ether oxygens (including phenoxy) is 1. The Morgan fingerprint density at radius 3 is 2.78 bits per heavy atom. The molecule has 3 rings (SSSR count). The van der Waals surface area contributed by atoms with Crippen molar-refractivity contribution >= 4 is 18.0 Å². The number of nitrogens with zero attached hydrogens (tertiary/aromatic N) is 4. The van der Waals surface area contributed by atoms with E-state index in [1.807, 2.05) is 0 Å². The number of piperidine rings is 2. The van der Waals surface area contributed by atoms with Crippen LogP contribution in [0.15, 0.2) is 6.20 Å². The predicted molar refractivity (Wildman–Crippen MR) is 104 cm³/mol. The minimum atomic E-state index is -0.461. The number of nitrogens with one attached hydrogen (secondary N) is 1. The van der Waals surface area contributed by atoms with Crippen LogP contribution in [0.1, 0.15) is 44.5 Å². The lowest BCUT2D eigenvalue weighted by molar-refractivity contribution is -0.124. The van der Waals surface area contributed by atoms with E-state index in [0.29, 0.717) is 18.1 Å². The highest BCUT2D eigenvalue weighted by molar-refractivity contribution is 5.47. The summed E-state index contributed by atoms with van der Waals surface area (Å²) in [6.07, 6.45) is 5.76. The van der Waals surface area contributed by atoms with E-state index in [4.69, 9.17) is 16.2 Å². The molecule has 0 spiro atoms. The minimum Gasteiger partial charge on any atom is -0.382 e. The van der Waals surface area contributed by atoms with Gasteiger partial charge in [-0.15, -0.1) is 0 Å². The van der Waals surface area contributed by atoms with Crippen molar-refractivity contribution in [3.63, 3.8) is 0 Å². The summed E-state index contributed by atoms with van der Waals surface area (Å²) in [5.41, 5.74) is 12.9. The van der Waals surface area contributed by atoms with Gasteiger partial charge in [0.05, 0.1) is 12.3 Å². The molecule has 0 aliphatic carbocycles. The Balaban J connectivity index is 1.67. The molecule has 1 amide bonds. The fourth-order valence-corrected chi connectivity index (χ4v) is 3.64. The van der Waals surface area contributed by atoms with Gasteiger partial charge in [0.25, 0.3) is 0 Å². The molecule has 9 nitrogen and oxygen atoms in total. The van der Waals surface area contributed by atoms with Crippen molar-refractivity contribution in [1.82, 2.24) is 20.2 Å². The molecule has 150 valence electrons. The molecule has 2 saturated heterocycles. The molecule has 2 aliphatic heterocycles. The van der Waals surface area contributed by atoms with Crippen LogP contribution in [0.2, 0.25) is 0 Å². The van der Waals surface area contributed by atoms with Crippen LogP contribution in [0, 0.1) is 0 Å². The molecule has 2 unspecified atom stereocenters. The summed E-state index contributed by atoms with van der Waals surface area (Å²) in [5.74, 6) is 1.13. The van der Waals surface area contributed by atoms with Crippen LogP contribution in [-0.2, 0) is 9.53 Å². The van der Waals surface area contributed by atoms with Gasteiger partial charge < -0.3 is 26.0 Å². The third-order valence-corrected chi connectivity index (χ3v) is 5.44. The first-order valence-corrected chi connectivity index (χ1v) is 9.60. The largest absolute Gasteiger partial charge is 0.382 e. The van der Waals surface area contributed by atoms with E-state index in [0.717, 1.165) is 57.5 Å². The summed E-state index contributed by atoms with van der Waals surface area (Å²) in [6, 6.07) is 0. The molecule has 5 N–H and O–H groups in total. The molecule has 9 heteroatoms. The third kappa shape index (κ3) is 4.85.